The van der Waals surface area contributed by atoms with Gasteiger partial charge < -0.3 is 20.4 Å². The maximum absolute atomic E-state index is 12.5. The van der Waals surface area contributed by atoms with Crippen molar-refractivity contribution in [3.63, 3.8) is 0 Å². The Morgan fingerprint density at radius 3 is 2.09 bits per heavy atom. The number of benzene rings is 2. The second-order valence-electron chi connectivity index (χ2n) is 6.63. The third-order valence-corrected chi connectivity index (χ3v) is 5.20. The first-order valence-electron chi connectivity index (χ1n) is 9.63. The normalized spacial score (nSPS) is 10.3. The number of furan rings is 1. The number of carbonyl (C=O) groups excluding carboxylic acids is 2. The molecule has 2 amide bonds. The Kier molecular flexibility index (Phi) is 8.40. The summed E-state index contributed by atoms with van der Waals surface area (Å²) in [5.74, 6) is -0.228. The Labute approximate surface area is 210 Å². The van der Waals surface area contributed by atoms with Gasteiger partial charge >= 0.3 is 0 Å². The topological polar surface area (TPSA) is 95.4 Å². The molecule has 0 radical (unpaired) electrons. The molecule has 0 bridgehead atoms. The average Bonchev–Trinajstić information content (AvgIpc) is 3.27. The third kappa shape index (κ3) is 7.00. The van der Waals surface area contributed by atoms with Crippen molar-refractivity contribution < 1.29 is 14.0 Å². The standard InChI is InChI=1S/C22H18Cl2N4O3S2/c1-2-19(29)27-21(32)25-13-4-6-14(7-5-13)26-22(33)28-20(30)18-10-9-17(31-18)15-11-12(23)3-8-16(15)24/h3-11H,2H2,1H3,(H2,25,27,29,32)(H2,26,28,30,33). The molecule has 0 aliphatic carbocycles. The predicted octanol–water partition coefficient (Wildman–Crippen LogP) is 5.60. The van der Waals surface area contributed by atoms with Crippen LogP contribution in [0.2, 0.25) is 10.0 Å². The molecule has 1 heterocycles. The lowest BCUT2D eigenvalue weighted by molar-refractivity contribution is -0.119. The van der Waals surface area contributed by atoms with E-state index in [1.165, 1.54) is 6.07 Å². The molecule has 11 heteroatoms. The minimum Gasteiger partial charge on any atom is -0.451 e. The van der Waals surface area contributed by atoms with E-state index in [0.29, 0.717) is 39.2 Å². The first-order chi connectivity index (χ1) is 15.7. The summed E-state index contributed by atoms with van der Waals surface area (Å²) in [6.07, 6.45) is 0.335. The van der Waals surface area contributed by atoms with Gasteiger partial charge in [-0.15, -0.1) is 0 Å². The summed E-state index contributed by atoms with van der Waals surface area (Å²) in [5.41, 5.74) is 1.89. The van der Waals surface area contributed by atoms with Gasteiger partial charge in [-0.1, -0.05) is 30.1 Å². The van der Waals surface area contributed by atoms with Crippen LogP contribution in [0.4, 0.5) is 11.4 Å². The van der Waals surface area contributed by atoms with Gasteiger partial charge in [0.2, 0.25) is 5.91 Å². The number of hydrogen-bond acceptors (Lipinski definition) is 5. The largest absolute Gasteiger partial charge is 0.451 e. The Morgan fingerprint density at radius 2 is 1.48 bits per heavy atom. The smallest absolute Gasteiger partial charge is 0.293 e. The molecule has 0 spiro atoms. The molecule has 2 aromatic carbocycles. The van der Waals surface area contributed by atoms with E-state index >= 15 is 0 Å². The summed E-state index contributed by atoms with van der Waals surface area (Å²) in [4.78, 5) is 23.8. The number of halogens is 2. The van der Waals surface area contributed by atoms with Gasteiger partial charge in [0.25, 0.3) is 5.91 Å². The minimum absolute atomic E-state index is 0.0624. The van der Waals surface area contributed by atoms with Crippen LogP contribution >= 0.6 is 47.6 Å². The van der Waals surface area contributed by atoms with Gasteiger partial charge in [0.1, 0.15) is 5.76 Å². The van der Waals surface area contributed by atoms with E-state index in [-0.39, 0.29) is 21.9 Å². The van der Waals surface area contributed by atoms with Gasteiger partial charge in [0, 0.05) is 28.4 Å². The quantitative estimate of drug-likeness (QED) is 0.325. The fourth-order valence-electron chi connectivity index (χ4n) is 2.63. The van der Waals surface area contributed by atoms with Crippen LogP contribution in [0, 0.1) is 0 Å². The van der Waals surface area contributed by atoms with Crippen LogP contribution in [0.1, 0.15) is 23.9 Å². The van der Waals surface area contributed by atoms with Crippen molar-refractivity contribution in [2.24, 2.45) is 0 Å². The molecule has 0 aliphatic rings. The van der Waals surface area contributed by atoms with Crippen LogP contribution in [0.15, 0.2) is 59.0 Å². The van der Waals surface area contributed by atoms with E-state index in [4.69, 9.17) is 52.1 Å². The van der Waals surface area contributed by atoms with Crippen LogP contribution in [0.5, 0.6) is 0 Å². The minimum atomic E-state index is -0.521. The highest BCUT2D eigenvalue weighted by molar-refractivity contribution is 7.80. The predicted molar refractivity (Wildman–Crippen MR) is 139 cm³/mol. The lowest BCUT2D eigenvalue weighted by Crippen LogP contribution is -2.34. The maximum Gasteiger partial charge on any atom is 0.293 e. The molecule has 0 aliphatic heterocycles. The van der Waals surface area contributed by atoms with Crippen LogP contribution in [0.3, 0.4) is 0 Å². The molecule has 170 valence electrons. The van der Waals surface area contributed by atoms with Crippen molar-refractivity contribution in [3.05, 3.63) is 70.4 Å². The first-order valence-corrected chi connectivity index (χ1v) is 11.2. The Hall–Kier alpha value is -2.98. The van der Waals surface area contributed by atoms with E-state index in [9.17, 15) is 9.59 Å². The molecule has 0 saturated heterocycles. The molecule has 7 nitrogen and oxygen atoms in total. The summed E-state index contributed by atoms with van der Waals surface area (Å²) >= 11 is 22.5. The van der Waals surface area contributed by atoms with Crippen LogP contribution < -0.4 is 21.3 Å². The van der Waals surface area contributed by atoms with E-state index in [0.717, 1.165) is 0 Å². The molecule has 0 saturated carbocycles. The molecule has 4 N–H and O–H groups in total. The van der Waals surface area contributed by atoms with E-state index in [1.54, 1.807) is 55.5 Å². The SMILES string of the molecule is CCC(=O)NC(=S)Nc1ccc(NC(=S)NC(=O)c2ccc(-c3cc(Cl)ccc3Cl)o2)cc1. The van der Waals surface area contributed by atoms with Crippen LogP contribution in [0.25, 0.3) is 11.3 Å². The van der Waals surface area contributed by atoms with Gasteiger partial charge in [-0.2, -0.15) is 0 Å². The zero-order valence-corrected chi connectivity index (χ0v) is 20.3. The lowest BCUT2D eigenvalue weighted by Gasteiger charge is -2.11. The van der Waals surface area contributed by atoms with Gasteiger partial charge in [0.05, 0.1) is 5.02 Å². The maximum atomic E-state index is 12.5. The highest BCUT2D eigenvalue weighted by Gasteiger charge is 2.15. The van der Waals surface area contributed by atoms with Crippen molar-refractivity contribution in [1.82, 2.24) is 10.6 Å². The Balaban J connectivity index is 1.56. The van der Waals surface area contributed by atoms with Crippen molar-refractivity contribution in [2.75, 3.05) is 10.6 Å². The van der Waals surface area contributed by atoms with Crippen molar-refractivity contribution in [1.29, 1.82) is 0 Å². The summed E-state index contributed by atoms with van der Waals surface area (Å²) in [7, 11) is 0. The van der Waals surface area contributed by atoms with Gasteiger partial charge in [0.15, 0.2) is 16.0 Å². The number of thiocarbonyl (C=S) groups is 2. The van der Waals surface area contributed by atoms with Crippen molar-refractivity contribution in [2.45, 2.75) is 13.3 Å². The van der Waals surface area contributed by atoms with Gasteiger partial charge in [-0.25, -0.2) is 0 Å². The van der Waals surface area contributed by atoms with Gasteiger partial charge in [-0.3, -0.25) is 14.9 Å². The molecule has 0 atom stereocenters. The summed E-state index contributed by atoms with van der Waals surface area (Å²) in [6, 6.07) is 15.1. The second kappa shape index (κ2) is 11.2. The number of rotatable bonds is 5. The van der Waals surface area contributed by atoms with Crippen LogP contribution in [-0.4, -0.2) is 22.0 Å². The zero-order valence-electron chi connectivity index (χ0n) is 17.2. The number of carbonyl (C=O) groups is 2. The van der Waals surface area contributed by atoms with E-state index < -0.39 is 5.91 Å². The van der Waals surface area contributed by atoms with E-state index in [1.807, 2.05) is 0 Å². The summed E-state index contributed by atoms with van der Waals surface area (Å²) < 4.78 is 5.61. The summed E-state index contributed by atoms with van der Waals surface area (Å²) in [6.45, 7) is 1.74. The molecule has 0 fully saturated rings. The fourth-order valence-corrected chi connectivity index (χ4v) is 3.46. The molecular weight excluding hydrogens is 503 g/mol. The zero-order chi connectivity index (χ0) is 24.0. The van der Waals surface area contributed by atoms with Gasteiger partial charge in [-0.05, 0) is 79.0 Å². The first kappa shape index (κ1) is 24.7. The number of nitrogens with one attached hydrogen (secondary N) is 4. The lowest BCUT2D eigenvalue weighted by atomic mass is 10.2. The second-order valence-corrected chi connectivity index (χ2v) is 8.29. The molecule has 33 heavy (non-hydrogen) atoms. The Morgan fingerprint density at radius 1 is 0.879 bits per heavy atom. The molecule has 3 aromatic rings. The number of amides is 2. The van der Waals surface area contributed by atoms with Crippen molar-refractivity contribution in [3.8, 4) is 11.3 Å². The molecule has 3 rings (SSSR count). The van der Waals surface area contributed by atoms with Crippen LogP contribution in [-0.2, 0) is 4.79 Å². The van der Waals surface area contributed by atoms with Crippen molar-refractivity contribution >= 4 is 81.1 Å². The number of hydrogen-bond donors (Lipinski definition) is 4. The third-order valence-electron chi connectivity index (χ3n) is 4.23. The van der Waals surface area contributed by atoms with E-state index in [2.05, 4.69) is 21.3 Å². The molecule has 1 aromatic heterocycles. The number of anilines is 2. The monoisotopic (exact) mass is 520 g/mol. The average molecular weight is 521 g/mol. The summed E-state index contributed by atoms with van der Waals surface area (Å²) in [5, 5.41) is 12.2. The highest BCUT2D eigenvalue weighted by atomic mass is 35.5. The highest BCUT2D eigenvalue weighted by Crippen LogP contribution is 2.31. The fraction of sp³-hybridized carbons (Fsp3) is 0.0909. The molecule has 0 unspecified atom stereocenters. The Bertz CT molecular complexity index is 1210. The molecular formula is C22H18Cl2N4O3S2.